The summed E-state index contributed by atoms with van der Waals surface area (Å²) in [6, 6.07) is 9.25. The van der Waals surface area contributed by atoms with Crippen molar-refractivity contribution >= 4 is 5.69 Å². The van der Waals surface area contributed by atoms with E-state index in [-0.39, 0.29) is 0 Å². The number of aromatic hydroxyl groups is 1. The highest BCUT2D eigenvalue weighted by Gasteiger charge is 2.16. The van der Waals surface area contributed by atoms with Gasteiger partial charge in [0, 0.05) is 18.9 Å². The zero-order chi connectivity index (χ0) is 17.1. The van der Waals surface area contributed by atoms with Crippen LogP contribution < -0.4 is 10.5 Å². The number of hydrogen-bond donors (Lipinski definition) is 2. The fourth-order valence-electron chi connectivity index (χ4n) is 3.26. The highest BCUT2D eigenvalue weighted by molar-refractivity contribution is 5.54. The van der Waals surface area contributed by atoms with Crippen LogP contribution >= 0.6 is 0 Å². The average Bonchev–Trinajstić information content (AvgIpc) is 3.04. The van der Waals surface area contributed by atoms with Gasteiger partial charge in [-0.3, -0.25) is 0 Å². The molecular formula is C20H25NO3. The van der Waals surface area contributed by atoms with E-state index >= 15 is 0 Å². The number of phenolic OH excluding ortho intramolecular Hbond substituents is 1. The predicted molar refractivity (Wildman–Crippen MR) is 95.8 cm³/mol. The number of nitrogens with two attached hydrogens (primary N) is 1. The Morgan fingerprint density at radius 2 is 1.96 bits per heavy atom. The van der Waals surface area contributed by atoms with Gasteiger partial charge in [-0.05, 0) is 86.1 Å². The molecule has 0 radical (unpaired) electrons. The Labute approximate surface area is 143 Å². The van der Waals surface area contributed by atoms with Gasteiger partial charge in [-0.25, -0.2) is 0 Å². The molecule has 1 unspecified atom stereocenters. The van der Waals surface area contributed by atoms with Crippen LogP contribution in [0.15, 0.2) is 30.3 Å². The van der Waals surface area contributed by atoms with Crippen molar-refractivity contribution in [1.29, 1.82) is 0 Å². The standard InChI is InChI=1S/C20H25NO3/c1-13-9-17(21)10-14(2)20(13)24-18-5-6-19(22)16(11-18)4-3-15-7-8-23-12-15/h5-6,9-11,15,22H,3-4,7-8,12,21H2,1-2H3. The molecule has 4 nitrogen and oxygen atoms in total. The van der Waals surface area contributed by atoms with Gasteiger partial charge >= 0.3 is 0 Å². The molecule has 0 bridgehead atoms. The Morgan fingerprint density at radius 1 is 1.21 bits per heavy atom. The summed E-state index contributed by atoms with van der Waals surface area (Å²) < 4.78 is 11.5. The van der Waals surface area contributed by atoms with Crippen LogP contribution in [0.4, 0.5) is 5.69 Å². The van der Waals surface area contributed by atoms with Gasteiger partial charge in [0.15, 0.2) is 0 Å². The summed E-state index contributed by atoms with van der Waals surface area (Å²) in [4.78, 5) is 0. The molecular weight excluding hydrogens is 302 g/mol. The largest absolute Gasteiger partial charge is 0.508 e. The number of ether oxygens (including phenoxy) is 2. The third kappa shape index (κ3) is 3.82. The van der Waals surface area contributed by atoms with Gasteiger partial charge in [0.25, 0.3) is 0 Å². The Hall–Kier alpha value is -2.20. The lowest BCUT2D eigenvalue weighted by Crippen LogP contribution is -2.01. The number of phenols is 1. The minimum Gasteiger partial charge on any atom is -0.508 e. The molecule has 0 spiro atoms. The van der Waals surface area contributed by atoms with Crippen molar-refractivity contribution in [2.75, 3.05) is 18.9 Å². The van der Waals surface area contributed by atoms with Gasteiger partial charge in [0.05, 0.1) is 0 Å². The first-order chi connectivity index (χ1) is 11.5. The van der Waals surface area contributed by atoms with Gasteiger partial charge in [-0.2, -0.15) is 0 Å². The van der Waals surface area contributed by atoms with E-state index in [4.69, 9.17) is 15.2 Å². The SMILES string of the molecule is Cc1cc(N)cc(C)c1Oc1ccc(O)c(CCC2CCOC2)c1. The third-order valence-corrected chi connectivity index (χ3v) is 4.60. The van der Waals surface area contributed by atoms with E-state index in [2.05, 4.69) is 0 Å². The number of anilines is 1. The van der Waals surface area contributed by atoms with E-state index in [1.54, 1.807) is 12.1 Å². The first kappa shape index (κ1) is 16.7. The molecule has 0 saturated carbocycles. The van der Waals surface area contributed by atoms with Gasteiger partial charge in [0.1, 0.15) is 17.2 Å². The summed E-state index contributed by atoms with van der Waals surface area (Å²) in [6.45, 7) is 5.66. The van der Waals surface area contributed by atoms with E-state index in [0.717, 1.165) is 66.4 Å². The Kier molecular flexibility index (Phi) is 4.95. The molecule has 24 heavy (non-hydrogen) atoms. The zero-order valence-corrected chi connectivity index (χ0v) is 14.3. The molecule has 0 aliphatic carbocycles. The lowest BCUT2D eigenvalue weighted by Gasteiger charge is -2.14. The number of nitrogen functional groups attached to an aromatic ring is 1. The molecule has 1 saturated heterocycles. The van der Waals surface area contributed by atoms with E-state index < -0.39 is 0 Å². The average molecular weight is 327 g/mol. The van der Waals surface area contributed by atoms with Crippen molar-refractivity contribution in [2.24, 2.45) is 5.92 Å². The normalized spacial score (nSPS) is 17.2. The molecule has 1 fully saturated rings. The van der Waals surface area contributed by atoms with Crippen molar-refractivity contribution in [2.45, 2.75) is 33.1 Å². The monoisotopic (exact) mass is 327 g/mol. The summed E-state index contributed by atoms with van der Waals surface area (Å²) in [5, 5.41) is 10.1. The lowest BCUT2D eigenvalue weighted by atomic mass is 9.98. The second-order valence-corrected chi connectivity index (χ2v) is 6.64. The molecule has 1 aliphatic heterocycles. The first-order valence-electron chi connectivity index (χ1n) is 8.47. The topological polar surface area (TPSA) is 64.7 Å². The highest BCUT2D eigenvalue weighted by atomic mass is 16.5. The fourth-order valence-corrected chi connectivity index (χ4v) is 3.26. The van der Waals surface area contributed by atoms with Crippen molar-refractivity contribution < 1.29 is 14.6 Å². The minimum atomic E-state index is 0.326. The summed E-state index contributed by atoms with van der Waals surface area (Å²) >= 11 is 0. The van der Waals surface area contributed by atoms with Crippen LogP contribution in [0.1, 0.15) is 29.5 Å². The van der Waals surface area contributed by atoms with Crippen LogP contribution in [-0.4, -0.2) is 18.3 Å². The van der Waals surface area contributed by atoms with Crippen LogP contribution in [0.5, 0.6) is 17.2 Å². The number of hydrogen-bond acceptors (Lipinski definition) is 4. The second-order valence-electron chi connectivity index (χ2n) is 6.64. The maximum atomic E-state index is 10.1. The van der Waals surface area contributed by atoms with E-state index in [1.165, 1.54) is 0 Å². The summed E-state index contributed by atoms with van der Waals surface area (Å²) in [7, 11) is 0. The Morgan fingerprint density at radius 3 is 2.62 bits per heavy atom. The number of aryl methyl sites for hydroxylation is 3. The zero-order valence-electron chi connectivity index (χ0n) is 14.3. The predicted octanol–water partition coefficient (Wildman–Crippen LogP) is 4.35. The van der Waals surface area contributed by atoms with Crippen LogP contribution in [0, 0.1) is 19.8 Å². The highest BCUT2D eigenvalue weighted by Crippen LogP contribution is 2.33. The maximum absolute atomic E-state index is 10.1. The molecule has 1 heterocycles. The molecule has 1 aliphatic rings. The van der Waals surface area contributed by atoms with Crippen LogP contribution in [-0.2, 0) is 11.2 Å². The van der Waals surface area contributed by atoms with E-state index in [9.17, 15) is 5.11 Å². The molecule has 0 amide bonds. The molecule has 1 atom stereocenters. The quantitative estimate of drug-likeness (QED) is 0.801. The van der Waals surface area contributed by atoms with E-state index in [1.807, 2.05) is 32.0 Å². The second kappa shape index (κ2) is 7.14. The van der Waals surface area contributed by atoms with Crippen molar-refractivity contribution in [3.05, 3.63) is 47.0 Å². The van der Waals surface area contributed by atoms with Crippen LogP contribution in [0.2, 0.25) is 0 Å². The van der Waals surface area contributed by atoms with Crippen molar-refractivity contribution in [3.8, 4) is 17.2 Å². The molecule has 4 heteroatoms. The fraction of sp³-hybridized carbons (Fsp3) is 0.400. The molecule has 2 aromatic carbocycles. The molecule has 2 aromatic rings. The Balaban J connectivity index is 1.75. The van der Waals surface area contributed by atoms with Crippen molar-refractivity contribution in [3.63, 3.8) is 0 Å². The summed E-state index contributed by atoms with van der Waals surface area (Å²) in [5.74, 6) is 2.48. The van der Waals surface area contributed by atoms with Crippen LogP contribution in [0.25, 0.3) is 0 Å². The minimum absolute atomic E-state index is 0.326. The Bertz CT molecular complexity index is 698. The lowest BCUT2D eigenvalue weighted by molar-refractivity contribution is 0.184. The van der Waals surface area contributed by atoms with Gasteiger partial charge < -0.3 is 20.3 Å². The van der Waals surface area contributed by atoms with Crippen LogP contribution in [0.3, 0.4) is 0 Å². The number of rotatable bonds is 5. The smallest absolute Gasteiger partial charge is 0.133 e. The van der Waals surface area contributed by atoms with Gasteiger partial charge in [0.2, 0.25) is 0 Å². The summed E-state index contributed by atoms with van der Waals surface area (Å²) in [5.41, 5.74) is 9.54. The maximum Gasteiger partial charge on any atom is 0.133 e. The first-order valence-corrected chi connectivity index (χ1v) is 8.47. The molecule has 128 valence electrons. The third-order valence-electron chi connectivity index (χ3n) is 4.60. The van der Waals surface area contributed by atoms with Crippen molar-refractivity contribution in [1.82, 2.24) is 0 Å². The number of benzene rings is 2. The molecule has 3 rings (SSSR count). The molecule has 3 N–H and O–H groups in total. The van der Waals surface area contributed by atoms with Gasteiger partial charge in [-0.1, -0.05) is 0 Å². The summed E-state index contributed by atoms with van der Waals surface area (Å²) in [6.07, 6.45) is 2.97. The van der Waals surface area contributed by atoms with Gasteiger partial charge in [-0.15, -0.1) is 0 Å². The van der Waals surface area contributed by atoms with E-state index in [0.29, 0.717) is 11.7 Å². The molecule has 0 aromatic heterocycles.